The summed E-state index contributed by atoms with van der Waals surface area (Å²) >= 11 is 2.14. The molecular weight excluding hydrogens is 535 g/mol. The highest BCUT2D eigenvalue weighted by molar-refractivity contribution is 14.1. The van der Waals surface area contributed by atoms with E-state index in [0.29, 0.717) is 24.1 Å². The molecule has 3 aromatic carbocycles. The number of allylic oxidation sites excluding steroid dienone is 1. The van der Waals surface area contributed by atoms with Crippen LogP contribution in [-0.2, 0) is 9.53 Å². The number of aromatic hydroxyl groups is 1. The van der Waals surface area contributed by atoms with Gasteiger partial charge in [-0.2, -0.15) is 0 Å². The number of hydroxylamine groups is 1. The average molecular weight is 560 g/mol. The summed E-state index contributed by atoms with van der Waals surface area (Å²) in [5.74, 6) is -0.741. The van der Waals surface area contributed by atoms with E-state index in [1.807, 2.05) is 49.4 Å². The molecule has 8 heteroatoms. The van der Waals surface area contributed by atoms with Crippen molar-refractivity contribution in [1.29, 1.82) is 0 Å². The Labute approximate surface area is 205 Å². The zero-order valence-corrected chi connectivity index (χ0v) is 20.2. The first-order valence-electron chi connectivity index (χ1n) is 10.4. The minimum atomic E-state index is -0.713. The molecule has 7 nitrogen and oxygen atoms in total. The van der Waals surface area contributed by atoms with Gasteiger partial charge in [0.05, 0.1) is 5.69 Å². The van der Waals surface area contributed by atoms with E-state index in [0.717, 1.165) is 14.3 Å². The number of fused-ring (bicyclic) bond motifs is 1. The Balaban J connectivity index is 1.79. The number of ether oxygens (including phenoxy) is 1. The molecule has 172 valence electrons. The van der Waals surface area contributed by atoms with Crippen molar-refractivity contribution in [1.82, 2.24) is 5.48 Å². The van der Waals surface area contributed by atoms with Gasteiger partial charge in [-0.25, -0.2) is 10.3 Å². The number of phenolic OH excluding ortho intramolecular Hbond substituents is 1. The molecule has 0 fully saturated rings. The first-order chi connectivity index (χ1) is 15.9. The molecule has 2 amide bonds. The average Bonchev–Trinajstić information content (AvgIpc) is 2.82. The summed E-state index contributed by atoms with van der Waals surface area (Å²) in [7, 11) is 0. The second kappa shape index (κ2) is 11.7. The van der Waals surface area contributed by atoms with E-state index >= 15 is 0 Å². The van der Waals surface area contributed by atoms with Crippen molar-refractivity contribution in [3.8, 4) is 5.75 Å². The zero-order valence-electron chi connectivity index (χ0n) is 18.0. The van der Waals surface area contributed by atoms with Crippen molar-refractivity contribution >= 4 is 51.1 Å². The summed E-state index contributed by atoms with van der Waals surface area (Å²) in [6.45, 7) is 1.91. The van der Waals surface area contributed by atoms with Crippen molar-refractivity contribution in [3.63, 3.8) is 0 Å². The van der Waals surface area contributed by atoms with Gasteiger partial charge in [0.25, 0.3) is 5.91 Å². The molecule has 3 rings (SSSR count). The molecule has 0 bridgehead atoms. The lowest BCUT2D eigenvalue weighted by molar-refractivity contribution is -0.124. The molecule has 0 radical (unpaired) electrons. The van der Waals surface area contributed by atoms with Crippen molar-refractivity contribution in [2.24, 2.45) is 5.92 Å². The van der Waals surface area contributed by atoms with E-state index in [1.165, 1.54) is 6.08 Å². The number of hydrogen-bond acceptors (Lipinski definition) is 5. The van der Waals surface area contributed by atoms with Crippen LogP contribution in [0.5, 0.6) is 5.75 Å². The lowest BCUT2D eigenvalue weighted by Gasteiger charge is -2.25. The van der Waals surface area contributed by atoms with Crippen LogP contribution in [0.4, 0.5) is 10.5 Å². The number of carbonyl (C=O) groups excluding carboxylic acids is 2. The van der Waals surface area contributed by atoms with Gasteiger partial charge in [0.15, 0.2) is 0 Å². The van der Waals surface area contributed by atoms with E-state index in [4.69, 9.17) is 9.94 Å². The largest absolute Gasteiger partial charge is 0.508 e. The van der Waals surface area contributed by atoms with Gasteiger partial charge in [0.2, 0.25) is 0 Å². The number of benzene rings is 3. The summed E-state index contributed by atoms with van der Waals surface area (Å²) in [5, 5.41) is 23.8. The van der Waals surface area contributed by atoms with Crippen molar-refractivity contribution < 1.29 is 24.6 Å². The Morgan fingerprint density at radius 1 is 1.12 bits per heavy atom. The molecule has 0 aliphatic rings. The molecular formula is C25H25IN2O5. The Bertz CT molecular complexity index is 1160. The summed E-state index contributed by atoms with van der Waals surface area (Å²) < 4.78 is 6.73. The normalized spacial score (nSPS) is 12.9. The van der Waals surface area contributed by atoms with Gasteiger partial charge in [0.1, 0.15) is 11.9 Å². The maximum absolute atomic E-state index is 12.9. The molecule has 0 heterocycles. The van der Waals surface area contributed by atoms with Crippen molar-refractivity contribution in [2.45, 2.75) is 25.9 Å². The van der Waals surface area contributed by atoms with Gasteiger partial charge >= 0.3 is 6.09 Å². The molecule has 0 spiro atoms. The first-order valence-corrected chi connectivity index (χ1v) is 11.5. The predicted molar refractivity (Wildman–Crippen MR) is 135 cm³/mol. The fourth-order valence-corrected chi connectivity index (χ4v) is 4.08. The van der Waals surface area contributed by atoms with Gasteiger partial charge in [-0.1, -0.05) is 49.4 Å². The van der Waals surface area contributed by atoms with E-state index < -0.39 is 18.1 Å². The maximum atomic E-state index is 12.9. The number of hydrogen-bond donors (Lipinski definition) is 4. The minimum Gasteiger partial charge on any atom is -0.508 e. The zero-order chi connectivity index (χ0) is 23.8. The van der Waals surface area contributed by atoms with Crippen LogP contribution in [0.1, 0.15) is 31.4 Å². The van der Waals surface area contributed by atoms with Crippen LogP contribution in [0.25, 0.3) is 10.8 Å². The molecule has 0 aliphatic carbocycles. The Morgan fingerprint density at radius 3 is 2.67 bits per heavy atom. The molecule has 2 atom stereocenters. The molecule has 3 aromatic rings. The lowest BCUT2D eigenvalue weighted by Crippen LogP contribution is -2.22. The monoisotopic (exact) mass is 560 g/mol. The minimum absolute atomic E-state index is 0.0421. The molecule has 4 N–H and O–H groups in total. The molecule has 0 saturated heterocycles. The third-order valence-electron chi connectivity index (χ3n) is 5.24. The molecule has 33 heavy (non-hydrogen) atoms. The van der Waals surface area contributed by atoms with Crippen LogP contribution >= 0.6 is 22.6 Å². The fourth-order valence-electron chi connectivity index (χ4n) is 3.57. The predicted octanol–water partition coefficient (Wildman–Crippen LogP) is 5.92. The SMILES string of the molecule is C[C@H](CC/C=C/C(=O)NO)[C@H](OC(=O)Nc1cccc2ccccc12)c1cc(I)ccc1O. The molecule has 0 aromatic heterocycles. The highest BCUT2D eigenvalue weighted by atomic mass is 127. The molecule has 0 unspecified atom stereocenters. The topological polar surface area (TPSA) is 108 Å². The van der Waals surface area contributed by atoms with Crippen LogP contribution in [-0.4, -0.2) is 22.3 Å². The van der Waals surface area contributed by atoms with Gasteiger partial charge in [-0.05, 0) is 71.0 Å². The number of carbonyl (C=O) groups is 2. The number of amides is 2. The van der Waals surface area contributed by atoms with Crippen LogP contribution in [0, 0.1) is 9.49 Å². The quantitative estimate of drug-likeness (QED) is 0.119. The Morgan fingerprint density at radius 2 is 1.88 bits per heavy atom. The van der Waals surface area contributed by atoms with Crippen molar-refractivity contribution in [2.75, 3.05) is 5.32 Å². The van der Waals surface area contributed by atoms with Gasteiger partial charge in [-0.3, -0.25) is 15.3 Å². The van der Waals surface area contributed by atoms with Gasteiger partial charge in [-0.15, -0.1) is 0 Å². The second-order valence-electron chi connectivity index (χ2n) is 7.61. The number of halogens is 1. The molecule has 0 aliphatic heterocycles. The molecule has 0 saturated carbocycles. The second-order valence-corrected chi connectivity index (χ2v) is 8.86. The van der Waals surface area contributed by atoms with Crippen LogP contribution in [0.15, 0.2) is 72.8 Å². The summed E-state index contributed by atoms with van der Waals surface area (Å²) in [6, 6.07) is 18.5. The summed E-state index contributed by atoms with van der Waals surface area (Å²) in [6.07, 6.45) is 2.62. The first kappa shape index (κ1) is 24.5. The van der Waals surface area contributed by atoms with E-state index in [9.17, 15) is 14.7 Å². The van der Waals surface area contributed by atoms with Crippen LogP contribution in [0.2, 0.25) is 0 Å². The van der Waals surface area contributed by atoms with E-state index in [2.05, 4.69) is 27.9 Å². The number of rotatable bonds is 8. The van der Waals surface area contributed by atoms with Gasteiger partial charge < -0.3 is 9.84 Å². The summed E-state index contributed by atoms with van der Waals surface area (Å²) in [4.78, 5) is 24.0. The maximum Gasteiger partial charge on any atom is 0.412 e. The van der Waals surface area contributed by atoms with E-state index in [-0.39, 0.29) is 11.7 Å². The summed E-state index contributed by atoms with van der Waals surface area (Å²) in [5.41, 5.74) is 2.69. The third kappa shape index (κ3) is 6.69. The fraction of sp³-hybridized carbons (Fsp3) is 0.200. The van der Waals surface area contributed by atoms with Crippen molar-refractivity contribution in [3.05, 3.63) is 81.9 Å². The van der Waals surface area contributed by atoms with Crippen LogP contribution < -0.4 is 10.8 Å². The Hall–Kier alpha value is -3.11. The number of phenols is 1. The lowest BCUT2D eigenvalue weighted by atomic mass is 9.92. The number of anilines is 1. The van der Waals surface area contributed by atoms with Gasteiger partial charge in [0, 0.05) is 20.6 Å². The highest BCUT2D eigenvalue weighted by Gasteiger charge is 2.26. The highest BCUT2D eigenvalue weighted by Crippen LogP contribution is 2.36. The Kier molecular flexibility index (Phi) is 8.67. The smallest absolute Gasteiger partial charge is 0.412 e. The standard InChI is InChI=1S/C25H25IN2O5/c1-16(7-2-5-12-23(30)28-32)24(20-15-18(26)13-14-22(20)29)33-25(31)27-21-11-6-9-17-8-3-4-10-19(17)21/h3-6,8-16,24,29,32H,2,7H2,1H3,(H,27,31)(H,28,30)/b12-5+/t16-,24+/m1/s1. The third-order valence-corrected chi connectivity index (χ3v) is 5.91. The number of nitrogens with one attached hydrogen (secondary N) is 2. The van der Waals surface area contributed by atoms with Crippen LogP contribution in [0.3, 0.4) is 0 Å². The van der Waals surface area contributed by atoms with E-state index in [1.54, 1.807) is 29.8 Å².